The van der Waals surface area contributed by atoms with Crippen molar-refractivity contribution in [3.8, 4) is 0 Å². The van der Waals surface area contributed by atoms with Gasteiger partial charge in [-0.1, -0.05) is 0 Å². The maximum absolute atomic E-state index is 11.5. The summed E-state index contributed by atoms with van der Waals surface area (Å²) < 4.78 is 5.40. The van der Waals surface area contributed by atoms with Gasteiger partial charge in [-0.25, -0.2) is 0 Å². The fourth-order valence-corrected chi connectivity index (χ4v) is 2.41. The molecule has 0 aromatic carbocycles. The molecule has 88 valence electrons. The van der Waals surface area contributed by atoms with Gasteiger partial charge in [-0.2, -0.15) is 0 Å². The van der Waals surface area contributed by atoms with E-state index in [0.29, 0.717) is 4.48 Å². The first-order valence-electron chi connectivity index (χ1n) is 5.45. The fourth-order valence-electron chi connectivity index (χ4n) is 2.41. The third kappa shape index (κ3) is 2.69. The molecule has 0 bridgehead atoms. The van der Waals surface area contributed by atoms with Gasteiger partial charge in [-0.3, -0.25) is 4.79 Å². The van der Waals surface area contributed by atoms with E-state index in [0.717, 1.165) is 19.3 Å². The summed E-state index contributed by atoms with van der Waals surface area (Å²) in [7, 11) is 7.53. The van der Waals surface area contributed by atoms with Gasteiger partial charge in [0.15, 0.2) is 0 Å². The molecule has 4 heteroatoms. The Morgan fingerprint density at radius 3 is 2.40 bits per heavy atom. The second-order valence-corrected chi connectivity index (χ2v) is 5.23. The number of rotatable bonds is 2. The van der Waals surface area contributed by atoms with Crippen molar-refractivity contribution < 1.29 is 19.1 Å². The number of carbonyl (C=O) groups is 1. The first kappa shape index (κ1) is 12.5. The van der Waals surface area contributed by atoms with Crippen LogP contribution in [0, 0.1) is 5.92 Å². The average Bonchev–Trinajstić information content (AvgIpc) is 2.15. The number of likely N-dealkylation sites (N-methyl/N-ethyl adjacent to an activating group) is 1. The Morgan fingerprint density at radius 1 is 1.33 bits per heavy atom. The lowest BCUT2D eigenvalue weighted by atomic mass is 9.81. The van der Waals surface area contributed by atoms with Gasteiger partial charge in [0.25, 0.3) is 0 Å². The number of esters is 1. The molecule has 0 saturated heterocycles. The highest BCUT2D eigenvalue weighted by atomic mass is 16.5. The molecule has 0 aromatic rings. The molecule has 0 spiro atoms. The minimum atomic E-state index is -0.578. The largest absolute Gasteiger partial charge is 0.469 e. The number of ether oxygens (including phenoxy) is 1. The second kappa shape index (κ2) is 4.49. The van der Waals surface area contributed by atoms with Crippen LogP contribution in [-0.4, -0.2) is 56.0 Å². The molecule has 3 unspecified atom stereocenters. The zero-order valence-corrected chi connectivity index (χ0v) is 10.1. The average molecular weight is 216 g/mol. The number of hydrogen-bond acceptors (Lipinski definition) is 3. The van der Waals surface area contributed by atoms with E-state index >= 15 is 0 Å². The van der Waals surface area contributed by atoms with Crippen LogP contribution >= 0.6 is 0 Å². The first-order chi connectivity index (χ1) is 6.88. The first-order valence-corrected chi connectivity index (χ1v) is 5.45. The summed E-state index contributed by atoms with van der Waals surface area (Å²) in [5.41, 5.74) is 0. The van der Waals surface area contributed by atoms with Crippen LogP contribution in [0.25, 0.3) is 0 Å². The number of hydrogen-bond donors (Lipinski definition) is 1. The number of aliphatic hydroxyl groups excluding tert-OH is 1. The highest BCUT2D eigenvalue weighted by molar-refractivity contribution is 5.73. The normalized spacial score (nSPS) is 32.5. The summed E-state index contributed by atoms with van der Waals surface area (Å²) >= 11 is 0. The topological polar surface area (TPSA) is 46.5 Å². The number of nitrogens with zero attached hydrogens (tertiary/aromatic N) is 1. The molecule has 1 fully saturated rings. The second-order valence-electron chi connectivity index (χ2n) is 5.23. The molecule has 0 aliphatic heterocycles. The van der Waals surface area contributed by atoms with Gasteiger partial charge in [0, 0.05) is 6.42 Å². The molecular weight excluding hydrogens is 194 g/mol. The number of methoxy groups -OCH3 is 1. The number of quaternary nitrogens is 1. The van der Waals surface area contributed by atoms with Gasteiger partial charge in [0.1, 0.15) is 12.1 Å². The Bertz CT molecular complexity index is 234. The third-order valence-electron chi connectivity index (χ3n) is 3.32. The summed E-state index contributed by atoms with van der Waals surface area (Å²) in [4.78, 5) is 11.5. The van der Waals surface area contributed by atoms with Gasteiger partial charge < -0.3 is 14.3 Å². The van der Waals surface area contributed by atoms with E-state index < -0.39 is 6.10 Å². The zero-order chi connectivity index (χ0) is 11.6. The van der Waals surface area contributed by atoms with Gasteiger partial charge in [-0.05, 0) is 12.8 Å². The minimum absolute atomic E-state index is 0.128. The molecule has 0 radical (unpaired) electrons. The summed E-state index contributed by atoms with van der Waals surface area (Å²) in [6.07, 6.45) is 2.12. The quantitative estimate of drug-likeness (QED) is 0.537. The predicted octanol–water partition coefficient (Wildman–Crippen LogP) is 0.395. The van der Waals surface area contributed by atoms with Crippen LogP contribution in [0.15, 0.2) is 0 Å². The Labute approximate surface area is 91.4 Å². The summed E-state index contributed by atoms with van der Waals surface area (Å²) in [6.45, 7) is 0. The van der Waals surface area contributed by atoms with Crippen molar-refractivity contribution in [2.75, 3.05) is 28.3 Å². The maximum Gasteiger partial charge on any atom is 0.311 e. The van der Waals surface area contributed by atoms with Gasteiger partial charge >= 0.3 is 5.97 Å². The molecule has 1 saturated carbocycles. The number of carbonyl (C=O) groups excluding carboxylic acids is 1. The molecule has 4 nitrogen and oxygen atoms in total. The van der Waals surface area contributed by atoms with E-state index in [4.69, 9.17) is 4.74 Å². The molecular formula is C11H22NO3+. The standard InChI is InChI=1S/C11H22NO3/c1-12(2,3)9-7-5-6-8(10(9)13)11(14)15-4/h8-10,13H,5-7H2,1-4H3/q+1. The van der Waals surface area contributed by atoms with Crippen molar-refractivity contribution in [2.45, 2.75) is 31.4 Å². The minimum Gasteiger partial charge on any atom is -0.469 e. The molecule has 0 amide bonds. The molecule has 1 aliphatic rings. The van der Waals surface area contributed by atoms with E-state index in [1.807, 2.05) is 21.1 Å². The highest BCUT2D eigenvalue weighted by Gasteiger charge is 2.43. The Hall–Kier alpha value is -0.610. The van der Waals surface area contributed by atoms with E-state index in [1.165, 1.54) is 7.11 Å². The summed E-state index contributed by atoms with van der Waals surface area (Å²) in [5, 5.41) is 10.1. The van der Waals surface area contributed by atoms with Crippen molar-refractivity contribution in [1.29, 1.82) is 0 Å². The van der Waals surface area contributed by atoms with Crippen LogP contribution < -0.4 is 0 Å². The van der Waals surface area contributed by atoms with Crippen LogP contribution in [0.2, 0.25) is 0 Å². The smallest absolute Gasteiger partial charge is 0.311 e. The molecule has 1 aliphatic carbocycles. The Kier molecular flexibility index (Phi) is 3.73. The molecule has 0 aromatic heterocycles. The lowest BCUT2D eigenvalue weighted by Gasteiger charge is -2.42. The molecule has 0 heterocycles. The predicted molar refractivity (Wildman–Crippen MR) is 57.2 cm³/mol. The van der Waals surface area contributed by atoms with E-state index in [1.54, 1.807) is 0 Å². The molecule has 1 rings (SSSR count). The van der Waals surface area contributed by atoms with E-state index in [2.05, 4.69) is 0 Å². The van der Waals surface area contributed by atoms with Gasteiger partial charge in [-0.15, -0.1) is 0 Å². The van der Waals surface area contributed by atoms with Crippen LogP contribution in [0.3, 0.4) is 0 Å². The summed E-state index contributed by atoms with van der Waals surface area (Å²) in [5.74, 6) is -0.619. The van der Waals surface area contributed by atoms with Gasteiger partial charge in [0.2, 0.25) is 0 Å². The van der Waals surface area contributed by atoms with E-state index in [9.17, 15) is 9.90 Å². The third-order valence-corrected chi connectivity index (χ3v) is 3.32. The van der Waals surface area contributed by atoms with Crippen molar-refractivity contribution >= 4 is 5.97 Å². The molecule has 15 heavy (non-hydrogen) atoms. The zero-order valence-electron chi connectivity index (χ0n) is 10.1. The Balaban J connectivity index is 2.75. The van der Waals surface area contributed by atoms with Crippen LogP contribution in [-0.2, 0) is 9.53 Å². The lowest BCUT2D eigenvalue weighted by molar-refractivity contribution is -0.901. The maximum atomic E-state index is 11.5. The van der Waals surface area contributed by atoms with Crippen LogP contribution in [0.5, 0.6) is 0 Å². The highest BCUT2D eigenvalue weighted by Crippen LogP contribution is 2.30. The molecule has 1 N–H and O–H groups in total. The number of aliphatic hydroxyl groups is 1. The van der Waals surface area contributed by atoms with Crippen LogP contribution in [0.4, 0.5) is 0 Å². The van der Waals surface area contributed by atoms with E-state index in [-0.39, 0.29) is 17.9 Å². The fraction of sp³-hybridized carbons (Fsp3) is 0.909. The van der Waals surface area contributed by atoms with Crippen LogP contribution in [0.1, 0.15) is 19.3 Å². The summed E-state index contributed by atoms with van der Waals surface area (Å²) in [6, 6.07) is 0.128. The van der Waals surface area contributed by atoms with Gasteiger partial charge in [0.05, 0.1) is 34.2 Å². The van der Waals surface area contributed by atoms with Crippen molar-refractivity contribution in [2.24, 2.45) is 5.92 Å². The van der Waals surface area contributed by atoms with Crippen molar-refractivity contribution in [3.63, 3.8) is 0 Å². The SMILES string of the molecule is COC(=O)C1CCCC([N+](C)(C)C)C1O. The Morgan fingerprint density at radius 2 is 1.93 bits per heavy atom. The van der Waals surface area contributed by atoms with Crippen molar-refractivity contribution in [3.05, 3.63) is 0 Å². The lowest BCUT2D eigenvalue weighted by Crippen LogP contribution is -2.56. The monoisotopic (exact) mass is 216 g/mol. The van der Waals surface area contributed by atoms with Crippen molar-refractivity contribution in [1.82, 2.24) is 0 Å². The molecule has 3 atom stereocenters.